The van der Waals surface area contributed by atoms with Gasteiger partial charge in [0.2, 0.25) is 15.5 Å². The minimum Gasteiger partial charge on any atom is -0.354 e. The van der Waals surface area contributed by atoms with E-state index in [9.17, 15) is 13.2 Å². The van der Waals surface area contributed by atoms with Crippen LogP contribution in [0.4, 0.5) is 5.82 Å². The average Bonchev–Trinajstić information content (AvgIpc) is 3.22. The molecule has 0 radical (unpaired) electrons. The lowest BCUT2D eigenvalue weighted by Gasteiger charge is -2.32. The van der Waals surface area contributed by atoms with Crippen molar-refractivity contribution in [2.24, 2.45) is 0 Å². The van der Waals surface area contributed by atoms with Crippen LogP contribution in [0.2, 0.25) is 0 Å². The molecule has 0 spiro atoms. The lowest BCUT2D eigenvalue weighted by molar-refractivity contribution is 0.482. The SMILES string of the molecule is C[C@@H]1CN(c2ccc3c(=O)c(S(=O)(=O)N(C)C)cn(-c4nccs4)c3n2)CCN1. The van der Waals surface area contributed by atoms with Crippen molar-refractivity contribution in [1.29, 1.82) is 0 Å². The molecule has 3 aromatic heterocycles. The number of nitrogens with zero attached hydrogens (tertiary/aromatic N) is 5. The van der Waals surface area contributed by atoms with E-state index in [2.05, 4.69) is 22.1 Å². The molecule has 0 saturated carbocycles. The predicted molar refractivity (Wildman–Crippen MR) is 114 cm³/mol. The van der Waals surface area contributed by atoms with Crippen molar-refractivity contribution in [1.82, 2.24) is 24.2 Å². The minimum atomic E-state index is -3.92. The van der Waals surface area contributed by atoms with Crippen molar-refractivity contribution in [3.05, 3.63) is 40.1 Å². The van der Waals surface area contributed by atoms with Crippen molar-refractivity contribution >= 4 is 38.2 Å². The van der Waals surface area contributed by atoms with E-state index < -0.39 is 15.5 Å². The van der Waals surface area contributed by atoms with Crippen molar-refractivity contribution in [2.75, 3.05) is 38.6 Å². The van der Waals surface area contributed by atoms with Gasteiger partial charge in [-0.15, -0.1) is 11.3 Å². The highest BCUT2D eigenvalue weighted by atomic mass is 32.2. The predicted octanol–water partition coefficient (Wildman–Crippen LogP) is 0.891. The number of nitrogens with one attached hydrogen (secondary N) is 1. The summed E-state index contributed by atoms with van der Waals surface area (Å²) in [5, 5.41) is 5.98. The zero-order chi connectivity index (χ0) is 20.8. The Morgan fingerprint density at radius 1 is 1.31 bits per heavy atom. The summed E-state index contributed by atoms with van der Waals surface area (Å²) in [6, 6.07) is 3.76. The lowest BCUT2D eigenvalue weighted by atomic mass is 10.2. The number of sulfonamides is 1. The molecule has 29 heavy (non-hydrogen) atoms. The molecular formula is C18H22N6O3S2. The summed E-state index contributed by atoms with van der Waals surface area (Å²) in [6.07, 6.45) is 2.96. The molecule has 1 fully saturated rings. The third kappa shape index (κ3) is 3.54. The fourth-order valence-electron chi connectivity index (χ4n) is 3.35. The van der Waals surface area contributed by atoms with Gasteiger partial charge in [-0.25, -0.2) is 22.7 Å². The van der Waals surface area contributed by atoms with Gasteiger partial charge in [-0.1, -0.05) is 0 Å². The minimum absolute atomic E-state index is 0.245. The smallest absolute Gasteiger partial charge is 0.247 e. The van der Waals surface area contributed by atoms with Crippen molar-refractivity contribution in [3.63, 3.8) is 0 Å². The number of pyridine rings is 2. The Hall–Kier alpha value is -2.34. The fraction of sp³-hybridized carbons (Fsp3) is 0.389. The molecule has 0 unspecified atom stereocenters. The first kappa shape index (κ1) is 20.0. The highest BCUT2D eigenvalue weighted by Crippen LogP contribution is 2.23. The molecule has 4 heterocycles. The summed E-state index contributed by atoms with van der Waals surface area (Å²) in [6.45, 7) is 4.56. The number of hydrogen-bond donors (Lipinski definition) is 1. The van der Waals surface area contributed by atoms with E-state index in [4.69, 9.17) is 4.98 Å². The molecule has 11 heteroatoms. The molecule has 0 aliphatic carbocycles. The summed E-state index contributed by atoms with van der Waals surface area (Å²) >= 11 is 1.34. The largest absolute Gasteiger partial charge is 0.354 e. The third-order valence-electron chi connectivity index (χ3n) is 4.88. The van der Waals surface area contributed by atoms with Gasteiger partial charge >= 0.3 is 0 Å². The van der Waals surface area contributed by atoms with Crippen LogP contribution >= 0.6 is 11.3 Å². The summed E-state index contributed by atoms with van der Waals surface area (Å²) < 4.78 is 28.1. The average molecular weight is 435 g/mol. The summed E-state index contributed by atoms with van der Waals surface area (Å²) in [5.74, 6) is 0.749. The van der Waals surface area contributed by atoms with Crippen LogP contribution in [-0.4, -0.2) is 67.0 Å². The second-order valence-electron chi connectivity index (χ2n) is 7.14. The molecule has 1 N–H and O–H groups in total. The topological polar surface area (TPSA) is 100 Å². The monoisotopic (exact) mass is 434 g/mol. The Morgan fingerprint density at radius 2 is 2.10 bits per heavy atom. The fourth-order valence-corrected chi connectivity index (χ4v) is 4.94. The van der Waals surface area contributed by atoms with E-state index in [0.29, 0.717) is 16.8 Å². The number of fused-ring (bicyclic) bond motifs is 1. The van der Waals surface area contributed by atoms with Gasteiger partial charge in [0.1, 0.15) is 10.7 Å². The molecule has 0 bridgehead atoms. The van der Waals surface area contributed by atoms with Crippen LogP contribution in [-0.2, 0) is 10.0 Å². The van der Waals surface area contributed by atoms with Gasteiger partial charge < -0.3 is 10.2 Å². The van der Waals surface area contributed by atoms with Crippen molar-refractivity contribution < 1.29 is 8.42 Å². The Morgan fingerprint density at radius 3 is 2.76 bits per heavy atom. The maximum atomic E-state index is 13.0. The highest BCUT2D eigenvalue weighted by Gasteiger charge is 2.26. The lowest BCUT2D eigenvalue weighted by Crippen LogP contribution is -2.49. The number of thiazole rings is 1. The summed E-state index contributed by atoms with van der Waals surface area (Å²) in [7, 11) is -1.12. The quantitative estimate of drug-likeness (QED) is 0.651. The Kier molecular flexibility index (Phi) is 5.15. The molecule has 1 aliphatic rings. The van der Waals surface area contributed by atoms with E-state index in [1.54, 1.807) is 28.3 Å². The third-order valence-corrected chi connectivity index (χ3v) is 7.46. The van der Waals surface area contributed by atoms with E-state index in [-0.39, 0.29) is 10.3 Å². The first-order valence-electron chi connectivity index (χ1n) is 9.16. The number of hydrogen-bond acceptors (Lipinski definition) is 8. The first-order valence-corrected chi connectivity index (χ1v) is 11.5. The first-order chi connectivity index (χ1) is 13.8. The highest BCUT2D eigenvalue weighted by molar-refractivity contribution is 7.89. The van der Waals surface area contributed by atoms with E-state index in [1.807, 2.05) is 0 Å². The second-order valence-corrected chi connectivity index (χ2v) is 10.1. The van der Waals surface area contributed by atoms with Crippen LogP contribution in [0.25, 0.3) is 16.2 Å². The molecule has 4 rings (SSSR count). The number of aromatic nitrogens is 3. The summed E-state index contributed by atoms with van der Waals surface area (Å²) in [4.78, 5) is 23.9. The molecule has 0 aromatic carbocycles. The van der Waals surface area contributed by atoms with E-state index >= 15 is 0 Å². The van der Waals surface area contributed by atoms with Gasteiger partial charge in [-0.3, -0.25) is 9.36 Å². The second kappa shape index (κ2) is 7.48. The van der Waals surface area contributed by atoms with Crippen LogP contribution < -0.4 is 15.6 Å². The van der Waals surface area contributed by atoms with E-state index in [1.165, 1.54) is 31.6 Å². The van der Waals surface area contributed by atoms with Gasteiger partial charge in [0, 0.05) is 57.5 Å². The van der Waals surface area contributed by atoms with Crippen LogP contribution in [0.1, 0.15) is 6.92 Å². The maximum Gasteiger partial charge on any atom is 0.247 e. The number of piperazine rings is 1. The molecule has 3 aromatic rings. The van der Waals surface area contributed by atoms with Crippen LogP contribution in [0.3, 0.4) is 0 Å². The molecule has 9 nitrogen and oxygen atoms in total. The van der Waals surface area contributed by atoms with Crippen LogP contribution in [0, 0.1) is 0 Å². The van der Waals surface area contributed by atoms with Crippen molar-refractivity contribution in [2.45, 2.75) is 17.9 Å². The summed E-state index contributed by atoms with van der Waals surface area (Å²) in [5.41, 5.74) is -0.166. The molecule has 1 atom stereocenters. The van der Waals surface area contributed by atoms with Gasteiger partial charge in [0.15, 0.2) is 10.8 Å². The molecule has 0 amide bonds. The Balaban J connectivity index is 1.97. The molecular weight excluding hydrogens is 412 g/mol. The van der Waals surface area contributed by atoms with Crippen LogP contribution in [0.5, 0.6) is 0 Å². The molecule has 1 aliphatic heterocycles. The number of rotatable bonds is 4. The van der Waals surface area contributed by atoms with Crippen molar-refractivity contribution in [3.8, 4) is 5.13 Å². The van der Waals surface area contributed by atoms with E-state index in [0.717, 1.165) is 29.8 Å². The standard InChI is InChI=1S/C18H22N6O3S2/c1-12-10-23(8-6-19-12)15-5-4-13-16(25)14(29(26,27)22(2)3)11-24(17(13)21-15)18-20-7-9-28-18/h4-5,7,9,11-12,19H,6,8,10H2,1-3H3/t12-/m1/s1. The number of anilines is 1. The Bertz CT molecular complexity index is 1200. The van der Waals surface area contributed by atoms with Gasteiger partial charge in [0.25, 0.3) is 0 Å². The van der Waals surface area contributed by atoms with Gasteiger partial charge in [-0.05, 0) is 19.1 Å². The van der Waals surface area contributed by atoms with Gasteiger partial charge in [-0.2, -0.15) is 0 Å². The zero-order valence-electron chi connectivity index (χ0n) is 16.4. The van der Waals surface area contributed by atoms with Gasteiger partial charge in [0.05, 0.1) is 5.39 Å². The Labute approximate surface area is 172 Å². The molecule has 154 valence electrons. The normalized spacial score (nSPS) is 17.9. The maximum absolute atomic E-state index is 13.0. The zero-order valence-corrected chi connectivity index (χ0v) is 18.0. The van der Waals surface area contributed by atoms with Crippen LogP contribution in [0.15, 0.2) is 39.6 Å². The molecule has 1 saturated heterocycles.